The van der Waals surface area contributed by atoms with Crippen molar-refractivity contribution in [3.63, 3.8) is 0 Å². The first kappa shape index (κ1) is 17.0. The van der Waals surface area contributed by atoms with Crippen LogP contribution in [0.4, 0.5) is 0 Å². The summed E-state index contributed by atoms with van der Waals surface area (Å²) in [6, 6.07) is 13.1. The molecule has 0 aliphatic carbocycles. The number of carbonyl (C=O) groups is 1. The standard InChI is InChI=1S/C20H20N2O3S/c23-19(15-12-14-6-1-2-7-17(14)25-20(15)24)21-13-16(18-8-5-11-26-18)22-9-3-4-10-22/h1-2,5-8,11-12,16H,3-4,9-10,13H2,(H,21,23). The second kappa shape index (κ2) is 7.43. The molecule has 5 nitrogen and oxygen atoms in total. The van der Waals surface area contributed by atoms with E-state index in [0.29, 0.717) is 12.1 Å². The summed E-state index contributed by atoms with van der Waals surface area (Å²) in [5, 5.41) is 5.73. The van der Waals surface area contributed by atoms with Crippen LogP contribution in [0.2, 0.25) is 0 Å². The molecule has 0 spiro atoms. The maximum atomic E-state index is 12.6. The molecule has 1 aliphatic rings. The molecule has 0 radical (unpaired) electrons. The largest absolute Gasteiger partial charge is 0.422 e. The fourth-order valence-electron chi connectivity index (χ4n) is 3.45. The van der Waals surface area contributed by atoms with Crippen LogP contribution in [-0.2, 0) is 0 Å². The maximum Gasteiger partial charge on any atom is 0.349 e. The monoisotopic (exact) mass is 368 g/mol. The van der Waals surface area contributed by atoms with Gasteiger partial charge in [-0.1, -0.05) is 24.3 Å². The van der Waals surface area contributed by atoms with E-state index in [0.717, 1.165) is 18.5 Å². The van der Waals surface area contributed by atoms with Gasteiger partial charge in [-0.2, -0.15) is 0 Å². The maximum absolute atomic E-state index is 12.6. The zero-order valence-electron chi connectivity index (χ0n) is 14.3. The summed E-state index contributed by atoms with van der Waals surface area (Å²) >= 11 is 1.70. The van der Waals surface area contributed by atoms with E-state index in [9.17, 15) is 9.59 Å². The van der Waals surface area contributed by atoms with Crippen LogP contribution in [-0.4, -0.2) is 30.4 Å². The van der Waals surface area contributed by atoms with E-state index in [1.807, 2.05) is 18.2 Å². The molecule has 3 aromatic rings. The molecule has 26 heavy (non-hydrogen) atoms. The van der Waals surface area contributed by atoms with E-state index in [1.165, 1.54) is 17.7 Å². The summed E-state index contributed by atoms with van der Waals surface area (Å²) in [5.74, 6) is -0.384. The van der Waals surface area contributed by atoms with E-state index in [1.54, 1.807) is 29.5 Å². The van der Waals surface area contributed by atoms with E-state index in [-0.39, 0.29) is 17.5 Å². The van der Waals surface area contributed by atoms with Gasteiger partial charge >= 0.3 is 5.63 Å². The molecule has 1 amide bonds. The van der Waals surface area contributed by atoms with Gasteiger partial charge in [-0.15, -0.1) is 11.3 Å². The highest BCUT2D eigenvalue weighted by Crippen LogP contribution is 2.27. The molecule has 1 fully saturated rings. The number of thiophene rings is 1. The average molecular weight is 368 g/mol. The number of fused-ring (bicyclic) bond motifs is 1. The average Bonchev–Trinajstić information content (AvgIpc) is 3.35. The number of benzene rings is 1. The first-order valence-electron chi connectivity index (χ1n) is 8.81. The molecule has 4 rings (SSSR count). The second-order valence-electron chi connectivity index (χ2n) is 6.47. The van der Waals surface area contributed by atoms with Crippen LogP contribution in [0.3, 0.4) is 0 Å². The Labute approximate surface area is 155 Å². The number of nitrogens with one attached hydrogen (secondary N) is 1. The third-order valence-corrected chi connectivity index (χ3v) is 5.77. The Kier molecular flexibility index (Phi) is 4.86. The smallest absolute Gasteiger partial charge is 0.349 e. The number of amides is 1. The minimum Gasteiger partial charge on any atom is -0.422 e. The summed E-state index contributed by atoms with van der Waals surface area (Å²) in [7, 11) is 0. The molecule has 1 aromatic carbocycles. The zero-order valence-corrected chi connectivity index (χ0v) is 15.1. The first-order chi connectivity index (χ1) is 12.7. The van der Waals surface area contributed by atoms with Gasteiger partial charge in [0.2, 0.25) is 0 Å². The number of carbonyl (C=O) groups excluding carboxylic acids is 1. The van der Waals surface area contributed by atoms with Crippen molar-refractivity contribution in [1.82, 2.24) is 10.2 Å². The van der Waals surface area contributed by atoms with Crippen molar-refractivity contribution in [2.24, 2.45) is 0 Å². The molecular weight excluding hydrogens is 348 g/mol. The van der Waals surface area contributed by atoms with Gasteiger partial charge in [0.1, 0.15) is 11.1 Å². The Bertz CT molecular complexity index is 959. The minimum absolute atomic E-state index is 0.0510. The van der Waals surface area contributed by atoms with Crippen LogP contribution in [0, 0.1) is 0 Å². The highest BCUT2D eigenvalue weighted by molar-refractivity contribution is 7.10. The summed E-state index contributed by atoms with van der Waals surface area (Å²) in [5.41, 5.74) is -0.0623. The number of para-hydroxylation sites is 1. The van der Waals surface area contributed by atoms with E-state index in [2.05, 4.69) is 21.7 Å². The van der Waals surface area contributed by atoms with Crippen LogP contribution >= 0.6 is 11.3 Å². The number of rotatable bonds is 5. The van der Waals surface area contributed by atoms with Crippen molar-refractivity contribution < 1.29 is 9.21 Å². The van der Waals surface area contributed by atoms with Crippen LogP contribution in [0.1, 0.15) is 34.1 Å². The fraction of sp³-hybridized carbons (Fsp3) is 0.300. The predicted molar refractivity (Wildman–Crippen MR) is 103 cm³/mol. The van der Waals surface area contributed by atoms with E-state index >= 15 is 0 Å². The topological polar surface area (TPSA) is 62.6 Å². The number of hydrogen-bond acceptors (Lipinski definition) is 5. The Balaban J connectivity index is 1.53. The van der Waals surface area contributed by atoms with Crippen molar-refractivity contribution in [3.8, 4) is 0 Å². The van der Waals surface area contributed by atoms with Crippen LogP contribution in [0.15, 0.2) is 57.1 Å². The van der Waals surface area contributed by atoms with Crippen LogP contribution in [0.25, 0.3) is 11.0 Å². The van der Waals surface area contributed by atoms with Gasteiger partial charge in [-0.25, -0.2) is 4.79 Å². The first-order valence-corrected chi connectivity index (χ1v) is 9.69. The Morgan fingerprint density at radius 1 is 1.19 bits per heavy atom. The van der Waals surface area contributed by atoms with Gasteiger partial charge < -0.3 is 9.73 Å². The molecule has 3 heterocycles. The van der Waals surface area contributed by atoms with Crippen molar-refractivity contribution in [2.75, 3.05) is 19.6 Å². The quantitative estimate of drug-likeness (QED) is 0.701. The molecular formula is C20H20N2O3S. The van der Waals surface area contributed by atoms with Gasteiger partial charge in [0.25, 0.3) is 5.91 Å². The molecule has 1 aliphatic heterocycles. The van der Waals surface area contributed by atoms with Gasteiger partial charge in [0, 0.05) is 16.8 Å². The van der Waals surface area contributed by atoms with Crippen LogP contribution in [0.5, 0.6) is 0 Å². The lowest BCUT2D eigenvalue weighted by Crippen LogP contribution is -2.37. The third-order valence-electron chi connectivity index (χ3n) is 4.80. The zero-order chi connectivity index (χ0) is 17.9. The minimum atomic E-state index is -0.602. The summed E-state index contributed by atoms with van der Waals surface area (Å²) in [6.45, 7) is 2.55. The van der Waals surface area contributed by atoms with Crippen LogP contribution < -0.4 is 10.9 Å². The summed E-state index contributed by atoms with van der Waals surface area (Å²) < 4.78 is 5.27. The van der Waals surface area contributed by atoms with Crippen molar-refractivity contribution in [1.29, 1.82) is 0 Å². The number of nitrogens with zero attached hydrogens (tertiary/aromatic N) is 1. The van der Waals surface area contributed by atoms with Gasteiger partial charge in [0.15, 0.2) is 0 Å². The molecule has 2 aromatic heterocycles. The Hall–Kier alpha value is -2.44. The SMILES string of the molecule is O=C(NCC(c1cccs1)N1CCCC1)c1cc2ccccc2oc1=O. The van der Waals surface area contributed by atoms with Crippen molar-refractivity contribution >= 4 is 28.2 Å². The van der Waals surface area contributed by atoms with Crippen molar-refractivity contribution in [2.45, 2.75) is 18.9 Å². The van der Waals surface area contributed by atoms with Gasteiger partial charge in [-0.05, 0) is 49.5 Å². The fourth-order valence-corrected chi connectivity index (χ4v) is 4.31. The number of likely N-dealkylation sites (tertiary alicyclic amines) is 1. The van der Waals surface area contributed by atoms with Gasteiger partial charge in [0.05, 0.1) is 6.04 Å². The predicted octanol–water partition coefficient (Wildman–Crippen LogP) is 3.42. The molecule has 1 saturated heterocycles. The second-order valence-corrected chi connectivity index (χ2v) is 7.45. The van der Waals surface area contributed by atoms with E-state index in [4.69, 9.17) is 4.42 Å². The Morgan fingerprint density at radius 2 is 2.00 bits per heavy atom. The summed E-state index contributed by atoms with van der Waals surface area (Å²) in [6.07, 6.45) is 2.37. The normalized spacial score (nSPS) is 16.0. The molecule has 134 valence electrons. The number of hydrogen-bond donors (Lipinski definition) is 1. The highest BCUT2D eigenvalue weighted by Gasteiger charge is 2.25. The molecule has 1 N–H and O–H groups in total. The molecule has 0 saturated carbocycles. The lowest BCUT2D eigenvalue weighted by atomic mass is 10.1. The molecule has 1 unspecified atom stereocenters. The van der Waals surface area contributed by atoms with E-state index < -0.39 is 5.63 Å². The molecule has 6 heteroatoms. The summed E-state index contributed by atoms with van der Waals surface area (Å²) in [4.78, 5) is 28.4. The lowest BCUT2D eigenvalue weighted by molar-refractivity contribution is 0.0935. The molecule has 1 atom stereocenters. The molecule has 0 bridgehead atoms. The lowest BCUT2D eigenvalue weighted by Gasteiger charge is -2.26. The van der Waals surface area contributed by atoms with Crippen molar-refractivity contribution in [3.05, 3.63) is 68.7 Å². The third kappa shape index (κ3) is 3.43. The van der Waals surface area contributed by atoms with Gasteiger partial charge in [-0.3, -0.25) is 9.69 Å². The Morgan fingerprint density at radius 3 is 2.77 bits per heavy atom. The highest BCUT2D eigenvalue weighted by atomic mass is 32.1.